The van der Waals surface area contributed by atoms with Crippen LogP contribution < -0.4 is 22.1 Å². The molecule has 0 aliphatic heterocycles. The molecule has 0 heterocycles. The van der Waals surface area contributed by atoms with Crippen molar-refractivity contribution in [2.45, 2.75) is 0 Å². The van der Waals surface area contributed by atoms with Gasteiger partial charge in [0.1, 0.15) is 0 Å². The SMILES string of the molecule is [Cr+3].[O]=[Ti]([O-])[O-].[O]=[Ti]([O-])[O-].[O]=[Ti]([O-])[O-].[Sb+3]. The molecule has 0 spiro atoms. The fourth-order valence-corrected chi connectivity index (χ4v) is 0. The first-order valence-corrected chi connectivity index (χ1v) is 7.57. The Morgan fingerprint density at radius 1 is 0.571 bits per heavy atom. The second-order valence-corrected chi connectivity index (χ2v) is 3.09. The van der Waals surface area contributed by atoms with Crippen LogP contribution in [0.4, 0.5) is 0 Å². The molecule has 0 aromatic heterocycles. The maximum absolute atomic E-state index is 8.58. The maximum Gasteiger partial charge on any atom is 3.00 e. The quantitative estimate of drug-likeness (QED) is 0.315. The van der Waals surface area contributed by atoms with E-state index in [1.54, 1.807) is 0 Å². The first-order chi connectivity index (χ1) is 5.20. The van der Waals surface area contributed by atoms with Crippen molar-refractivity contribution in [3.63, 3.8) is 0 Å². The van der Waals surface area contributed by atoms with Crippen molar-refractivity contribution in [2.24, 2.45) is 0 Å². The van der Waals surface area contributed by atoms with Gasteiger partial charge in [0.25, 0.3) is 0 Å². The van der Waals surface area contributed by atoms with E-state index in [4.69, 9.17) is 32.1 Å². The first-order valence-electron chi connectivity index (χ1n) is 1.84. The van der Waals surface area contributed by atoms with Gasteiger partial charge in [-0.15, -0.1) is 0 Å². The molecule has 0 aliphatic carbocycles. The van der Waals surface area contributed by atoms with E-state index in [9.17, 15) is 0 Å². The summed E-state index contributed by atoms with van der Waals surface area (Å²) in [6, 6.07) is 0. The van der Waals surface area contributed by atoms with Gasteiger partial charge in [-0.25, -0.2) is 0 Å². The van der Waals surface area contributed by atoms with Crippen LogP contribution in [0.25, 0.3) is 0 Å². The molecule has 9 nitrogen and oxygen atoms in total. The van der Waals surface area contributed by atoms with Crippen LogP contribution in [0.1, 0.15) is 0 Å². The van der Waals surface area contributed by atoms with Gasteiger partial charge in [-0.05, 0) is 0 Å². The largest absolute Gasteiger partial charge is 3.00 e. The smallest absolute Gasteiger partial charge is 3.00 e. The Morgan fingerprint density at radius 2 is 0.571 bits per heavy atom. The zero-order valence-electron chi connectivity index (χ0n) is 6.03. The molecular weight excluding hydrogens is 461 g/mol. The molecule has 0 aromatic carbocycles. The van der Waals surface area contributed by atoms with E-state index in [-0.39, 0.29) is 41.8 Å². The molecule has 0 rings (SSSR count). The Bertz CT molecular complexity index is 118. The van der Waals surface area contributed by atoms with Crippen molar-refractivity contribution >= 4 is 24.4 Å². The topological polar surface area (TPSA) is 190 Å². The van der Waals surface area contributed by atoms with Crippen LogP contribution in [0.3, 0.4) is 0 Å². The molecule has 0 atom stereocenters. The van der Waals surface area contributed by atoms with Gasteiger partial charge in [0.05, 0.1) is 0 Å². The van der Waals surface area contributed by atoms with Gasteiger partial charge in [0.15, 0.2) is 0 Å². The third-order valence-electron chi connectivity index (χ3n) is 0. The molecule has 0 N–H and O–H groups in total. The van der Waals surface area contributed by atoms with Crippen molar-refractivity contribution in [2.75, 3.05) is 0 Å². The summed E-state index contributed by atoms with van der Waals surface area (Å²) < 4.78 is 77.2. The van der Waals surface area contributed by atoms with Gasteiger partial charge < -0.3 is 0 Å². The Balaban J connectivity index is -0.0000000270. The molecule has 0 bridgehead atoms. The van der Waals surface area contributed by atoms with Crippen molar-refractivity contribution in [3.05, 3.63) is 0 Å². The molecule has 3 radical (unpaired) electrons. The zero-order valence-corrected chi connectivity index (χ0v) is 14.5. The van der Waals surface area contributed by atoms with Gasteiger partial charge in [0, 0.05) is 0 Å². The fourth-order valence-electron chi connectivity index (χ4n) is 0. The Kier molecular flexibility index (Phi) is 53.1. The Morgan fingerprint density at radius 3 is 0.571 bits per heavy atom. The van der Waals surface area contributed by atoms with Crippen LogP contribution in [0.15, 0.2) is 0 Å². The fraction of sp³-hybridized carbons (Fsp3) is 0. The zero-order chi connectivity index (χ0) is 10.7. The van der Waals surface area contributed by atoms with Gasteiger partial charge in [-0.1, -0.05) is 0 Å². The summed E-state index contributed by atoms with van der Waals surface area (Å²) in [4.78, 5) is 0. The third kappa shape index (κ3) is 388. The summed E-state index contributed by atoms with van der Waals surface area (Å²) in [7, 11) is 0. The molecule has 14 heteroatoms. The van der Waals surface area contributed by atoms with E-state index in [1.807, 2.05) is 0 Å². The van der Waals surface area contributed by atoms with Crippen LogP contribution in [0.2, 0.25) is 0 Å². The predicted octanol–water partition coefficient (Wildman–Crippen LogP) is -7.88. The van der Waals surface area contributed by atoms with Crippen LogP contribution in [0.5, 0.6) is 0 Å². The minimum absolute atomic E-state index is 0. The van der Waals surface area contributed by atoms with Gasteiger partial charge in [-0.3, -0.25) is 0 Å². The summed E-state index contributed by atoms with van der Waals surface area (Å²) in [6.45, 7) is 0. The van der Waals surface area contributed by atoms with E-state index in [0.717, 1.165) is 0 Å². The number of hydrogen-bond acceptors (Lipinski definition) is 9. The van der Waals surface area contributed by atoms with Crippen LogP contribution in [-0.4, -0.2) is 24.4 Å². The Labute approximate surface area is 128 Å². The minimum atomic E-state index is -4.08. The van der Waals surface area contributed by atoms with Crippen molar-refractivity contribution in [1.82, 2.24) is 0 Å². The predicted molar refractivity (Wildman–Crippen MR) is 7.81 cm³/mol. The number of hydrogen-bond donors (Lipinski definition) is 0. The normalized spacial score (nSPS) is 5.57. The molecule has 14 heavy (non-hydrogen) atoms. The summed E-state index contributed by atoms with van der Waals surface area (Å²) in [5, 5.41) is 0. The van der Waals surface area contributed by atoms with E-state index in [2.05, 4.69) is 0 Å². The standard InChI is InChI=1S/Cr.9O.Sb.3Ti/q+3;;;;6*-1;+3;;;. The van der Waals surface area contributed by atoms with Crippen molar-refractivity contribution in [3.8, 4) is 0 Å². The third-order valence-corrected chi connectivity index (χ3v) is 0. The van der Waals surface area contributed by atoms with E-state index >= 15 is 0 Å². The summed E-state index contributed by atoms with van der Waals surface area (Å²) >= 11 is -12.2. The molecule has 0 unspecified atom stereocenters. The van der Waals surface area contributed by atoms with Crippen molar-refractivity contribution in [1.29, 1.82) is 0 Å². The molecule has 77 valence electrons. The second kappa shape index (κ2) is 24.8. The molecular formula is CrO9SbTi3. The van der Waals surface area contributed by atoms with Crippen LogP contribution >= 0.6 is 0 Å². The average Bonchev–Trinajstić information content (AvgIpc) is 1.54. The second-order valence-electron chi connectivity index (χ2n) is 0.750. The summed E-state index contributed by atoms with van der Waals surface area (Å²) in [6.07, 6.45) is 0. The molecule has 0 fully saturated rings. The molecule has 0 saturated carbocycles. The minimum Gasteiger partial charge on any atom is 3.00 e. The maximum atomic E-state index is 8.58. The monoisotopic (exact) mass is 461 g/mol. The molecule has 0 aromatic rings. The number of rotatable bonds is 0. The summed E-state index contributed by atoms with van der Waals surface area (Å²) in [5.41, 5.74) is 0. The average molecular weight is 461 g/mol. The van der Waals surface area contributed by atoms with E-state index < -0.39 is 55.8 Å². The molecule has 0 amide bonds. The van der Waals surface area contributed by atoms with Crippen LogP contribution in [-0.2, 0) is 83.2 Å². The van der Waals surface area contributed by atoms with Crippen LogP contribution in [0, 0.1) is 0 Å². The van der Waals surface area contributed by atoms with E-state index in [0.29, 0.717) is 0 Å². The van der Waals surface area contributed by atoms with E-state index in [1.165, 1.54) is 0 Å². The molecule has 0 saturated heterocycles. The van der Waals surface area contributed by atoms with Gasteiger partial charge in [0.2, 0.25) is 0 Å². The Hall–Kier alpha value is 2.65. The van der Waals surface area contributed by atoms with Gasteiger partial charge in [-0.2, -0.15) is 0 Å². The van der Waals surface area contributed by atoms with Crippen molar-refractivity contribution < 1.29 is 105 Å². The summed E-state index contributed by atoms with van der Waals surface area (Å²) in [5.74, 6) is 0. The first kappa shape index (κ1) is 30.0. The van der Waals surface area contributed by atoms with Gasteiger partial charge >= 0.3 is 130 Å². The molecule has 0 aliphatic rings.